The Hall–Kier alpha value is -1.66. The quantitative estimate of drug-likeness (QED) is 0.853. The molecule has 1 fully saturated rings. The molecule has 0 unspecified atom stereocenters. The largest absolute Gasteiger partial charge is 0.296 e. The molecule has 0 N–H and O–H groups in total. The highest BCUT2D eigenvalue weighted by molar-refractivity contribution is 7.91. The lowest BCUT2D eigenvalue weighted by Gasteiger charge is -2.35. The van der Waals surface area contributed by atoms with Crippen molar-refractivity contribution in [3.8, 4) is 5.69 Å². The average molecular weight is 347 g/mol. The van der Waals surface area contributed by atoms with E-state index >= 15 is 0 Å². The zero-order valence-corrected chi connectivity index (χ0v) is 15.6. The molecule has 3 rings (SSSR count). The molecule has 2 heterocycles. The van der Waals surface area contributed by atoms with E-state index in [1.54, 1.807) is 6.20 Å². The Balaban J connectivity index is 1.96. The Labute approximate surface area is 144 Å². The van der Waals surface area contributed by atoms with Crippen LogP contribution < -0.4 is 0 Å². The molecular formula is C18H25N3O2S. The summed E-state index contributed by atoms with van der Waals surface area (Å²) in [4.78, 5) is 2.18. The summed E-state index contributed by atoms with van der Waals surface area (Å²) in [5.41, 5.74) is 4.33. The number of rotatable bonds is 4. The van der Waals surface area contributed by atoms with Crippen LogP contribution in [0, 0.1) is 13.8 Å². The summed E-state index contributed by atoms with van der Waals surface area (Å²) in [6.45, 7) is 6.93. The normalized spacial score (nSPS) is 23.0. The fourth-order valence-corrected chi connectivity index (χ4v) is 5.85. The highest BCUT2D eigenvalue weighted by atomic mass is 32.2. The van der Waals surface area contributed by atoms with Crippen LogP contribution in [-0.4, -0.2) is 47.2 Å². The van der Waals surface area contributed by atoms with E-state index < -0.39 is 9.84 Å². The van der Waals surface area contributed by atoms with E-state index in [0.717, 1.165) is 5.69 Å². The van der Waals surface area contributed by atoms with E-state index in [4.69, 9.17) is 0 Å². The van der Waals surface area contributed by atoms with E-state index in [9.17, 15) is 8.42 Å². The molecule has 2 aromatic rings. The monoisotopic (exact) mass is 347 g/mol. The van der Waals surface area contributed by atoms with E-state index in [1.807, 2.05) is 30.9 Å². The Kier molecular flexibility index (Phi) is 4.30. The van der Waals surface area contributed by atoms with Crippen molar-refractivity contribution in [1.29, 1.82) is 0 Å². The molecule has 0 saturated carbocycles. The summed E-state index contributed by atoms with van der Waals surface area (Å²) >= 11 is 0. The molecule has 0 spiro atoms. The third-order valence-corrected chi connectivity index (χ3v) is 6.96. The second-order valence-electron chi connectivity index (χ2n) is 7.24. The number of benzene rings is 1. The van der Waals surface area contributed by atoms with Crippen molar-refractivity contribution in [3.63, 3.8) is 0 Å². The molecule has 1 saturated heterocycles. The van der Waals surface area contributed by atoms with Gasteiger partial charge in [0.15, 0.2) is 9.84 Å². The predicted molar refractivity (Wildman–Crippen MR) is 96.2 cm³/mol. The Morgan fingerprint density at radius 2 is 2.08 bits per heavy atom. The number of nitrogens with zero attached hydrogens (tertiary/aromatic N) is 3. The fraction of sp³-hybridized carbons (Fsp3) is 0.500. The number of sulfone groups is 1. The van der Waals surface area contributed by atoms with Crippen LogP contribution in [0.2, 0.25) is 0 Å². The molecule has 1 aromatic carbocycles. The van der Waals surface area contributed by atoms with Crippen molar-refractivity contribution >= 4 is 9.84 Å². The standard InChI is InChI=1S/C18H25N3O2S/c1-14-10-15(2)17(21-8-5-7-19-21)16(11-14)12-20(4)18(3)6-9-24(22,23)13-18/h5,7-8,10-11H,6,9,12-13H2,1-4H3/t18-/m1/s1. The minimum atomic E-state index is -2.92. The van der Waals surface area contributed by atoms with Crippen molar-refractivity contribution in [2.45, 2.75) is 39.3 Å². The lowest BCUT2D eigenvalue weighted by molar-refractivity contribution is 0.154. The van der Waals surface area contributed by atoms with Crippen LogP contribution in [0.1, 0.15) is 30.0 Å². The molecule has 1 aromatic heterocycles. The second-order valence-corrected chi connectivity index (χ2v) is 9.42. The lowest BCUT2D eigenvalue weighted by atomic mass is 9.97. The van der Waals surface area contributed by atoms with Crippen LogP contribution in [0.5, 0.6) is 0 Å². The fourth-order valence-electron chi connectivity index (χ4n) is 3.64. The van der Waals surface area contributed by atoms with Gasteiger partial charge in [-0.05, 0) is 51.4 Å². The van der Waals surface area contributed by atoms with Gasteiger partial charge >= 0.3 is 0 Å². The molecule has 0 bridgehead atoms. The van der Waals surface area contributed by atoms with Crippen LogP contribution in [0.4, 0.5) is 0 Å². The molecule has 24 heavy (non-hydrogen) atoms. The zero-order valence-electron chi connectivity index (χ0n) is 14.8. The van der Waals surface area contributed by atoms with Gasteiger partial charge in [-0.3, -0.25) is 4.90 Å². The van der Waals surface area contributed by atoms with E-state index in [2.05, 4.69) is 36.0 Å². The number of hydrogen-bond donors (Lipinski definition) is 0. The van der Waals surface area contributed by atoms with Gasteiger partial charge in [0, 0.05) is 24.5 Å². The maximum Gasteiger partial charge on any atom is 0.152 e. The Morgan fingerprint density at radius 1 is 1.33 bits per heavy atom. The van der Waals surface area contributed by atoms with Gasteiger partial charge in [-0.15, -0.1) is 0 Å². The van der Waals surface area contributed by atoms with E-state index in [1.165, 1.54) is 16.7 Å². The van der Waals surface area contributed by atoms with Crippen LogP contribution in [-0.2, 0) is 16.4 Å². The molecule has 0 amide bonds. The average Bonchev–Trinajstić information content (AvgIpc) is 3.07. The summed E-state index contributed by atoms with van der Waals surface area (Å²) in [5, 5.41) is 4.39. The van der Waals surface area contributed by atoms with Crippen molar-refractivity contribution in [2.24, 2.45) is 0 Å². The maximum absolute atomic E-state index is 11.9. The number of aryl methyl sites for hydroxylation is 2. The predicted octanol–water partition coefficient (Wildman–Crippen LogP) is 2.50. The summed E-state index contributed by atoms with van der Waals surface area (Å²) in [6, 6.07) is 6.24. The van der Waals surface area contributed by atoms with Crippen molar-refractivity contribution < 1.29 is 8.42 Å². The molecule has 5 nitrogen and oxygen atoms in total. The third-order valence-electron chi connectivity index (χ3n) is 5.07. The first kappa shape index (κ1) is 17.2. The topological polar surface area (TPSA) is 55.2 Å². The van der Waals surface area contributed by atoms with Crippen molar-refractivity contribution in [1.82, 2.24) is 14.7 Å². The summed E-state index contributed by atoms with van der Waals surface area (Å²) in [7, 11) is -0.901. The molecular weight excluding hydrogens is 322 g/mol. The molecule has 0 radical (unpaired) electrons. The van der Waals surface area contributed by atoms with E-state index in [0.29, 0.717) is 13.0 Å². The Morgan fingerprint density at radius 3 is 2.67 bits per heavy atom. The minimum absolute atomic E-state index is 0.235. The van der Waals surface area contributed by atoms with Gasteiger partial charge in [-0.2, -0.15) is 5.10 Å². The van der Waals surface area contributed by atoms with Gasteiger partial charge in [-0.25, -0.2) is 13.1 Å². The van der Waals surface area contributed by atoms with Gasteiger partial charge < -0.3 is 0 Å². The van der Waals surface area contributed by atoms with Crippen molar-refractivity contribution in [3.05, 3.63) is 47.3 Å². The first-order chi connectivity index (χ1) is 11.2. The first-order valence-corrected chi connectivity index (χ1v) is 10.0. The minimum Gasteiger partial charge on any atom is -0.296 e. The van der Waals surface area contributed by atoms with Crippen LogP contribution >= 0.6 is 0 Å². The summed E-state index contributed by atoms with van der Waals surface area (Å²) < 4.78 is 25.7. The van der Waals surface area contributed by atoms with Crippen LogP contribution in [0.15, 0.2) is 30.6 Å². The summed E-state index contributed by atoms with van der Waals surface area (Å²) in [6.07, 6.45) is 4.41. The number of hydrogen-bond acceptors (Lipinski definition) is 4. The van der Waals surface area contributed by atoms with Crippen LogP contribution in [0.3, 0.4) is 0 Å². The molecule has 6 heteroatoms. The molecule has 1 aliphatic rings. The second kappa shape index (κ2) is 6.01. The van der Waals surface area contributed by atoms with Gasteiger partial charge in [0.05, 0.1) is 17.2 Å². The molecule has 1 aliphatic heterocycles. The Bertz CT molecular complexity index is 843. The van der Waals surface area contributed by atoms with Gasteiger partial charge in [0.1, 0.15) is 0 Å². The first-order valence-electron chi connectivity index (χ1n) is 8.22. The third kappa shape index (κ3) is 3.26. The van der Waals surface area contributed by atoms with Gasteiger partial charge in [0.25, 0.3) is 0 Å². The lowest BCUT2D eigenvalue weighted by Crippen LogP contribution is -2.44. The number of aromatic nitrogens is 2. The van der Waals surface area contributed by atoms with Crippen molar-refractivity contribution in [2.75, 3.05) is 18.6 Å². The maximum atomic E-state index is 11.9. The van der Waals surface area contributed by atoms with E-state index in [-0.39, 0.29) is 17.0 Å². The van der Waals surface area contributed by atoms with Crippen LogP contribution in [0.25, 0.3) is 5.69 Å². The molecule has 130 valence electrons. The smallest absolute Gasteiger partial charge is 0.152 e. The molecule has 1 atom stereocenters. The van der Waals surface area contributed by atoms with Gasteiger partial charge in [0.2, 0.25) is 0 Å². The molecule has 0 aliphatic carbocycles. The highest BCUT2D eigenvalue weighted by Crippen LogP contribution is 2.31. The SMILES string of the molecule is Cc1cc(C)c(-n2cccn2)c(CN(C)[C@]2(C)CCS(=O)(=O)C2)c1. The zero-order chi connectivity index (χ0) is 17.5. The summed E-state index contributed by atoms with van der Waals surface area (Å²) in [5.74, 6) is 0.519. The van der Waals surface area contributed by atoms with Gasteiger partial charge in [-0.1, -0.05) is 17.7 Å². The highest BCUT2D eigenvalue weighted by Gasteiger charge is 2.41.